The molecule has 2 amide bonds. The summed E-state index contributed by atoms with van der Waals surface area (Å²) in [6.07, 6.45) is 1.83. The fourth-order valence-electron chi connectivity index (χ4n) is 1.90. The molecule has 19 heavy (non-hydrogen) atoms. The van der Waals surface area contributed by atoms with Crippen LogP contribution in [0.15, 0.2) is 36.5 Å². The summed E-state index contributed by atoms with van der Waals surface area (Å²) in [7, 11) is 0. The summed E-state index contributed by atoms with van der Waals surface area (Å²) < 4.78 is 2.07. The number of para-hydroxylation sites is 1. The Morgan fingerprint density at radius 3 is 2.63 bits per heavy atom. The fourth-order valence-corrected chi connectivity index (χ4v) is 1.90. The highest BCUT2D eigenvalue weighted by molar-refractivity contribution is 5.89. The van der Waals surface area contributed by atoms with Crippen LogP contribution in [0.1, 0.15) is 11.5 Å². The largest absolute Gasteiger partial charge is 0.336 e. The van der Waals surface area contributed by atoms with Crippen LogP contribution in [0, 0.1) is 13.8 Å². The summed E-state index contributed by atoms with van der Waals surface area (Å²) >= 11 is 0. The van der Waals surface area contributed by atoms with Crippen molar-refractivity contribution >= 4 is 11.7 Å². The third kappa shape index (κ3) is 3.58. The highest BCUT2D eigenvalue weighted by Gasteiger charge is 2.03. The maximum atomic E-state index is 11.7. The number of anilines is 1. The Labute approximate surface area is 112 Å². The molecule has 2 rings (SSSR count). The number of nitrogens with zero attached hydrogens (tertiary/aromatic N) is 2. The fraction of sp³-hybridized carbons (Fsp3) is 0.286. The number of rotatable bonds is 4. The first-order valence-electron chi connectivity index (χ1n) is 6.25. The molecule has 2 N–H and O–H groups in total. The highest BCUT2D eigenvalue weighted by atomic mass is 16.2. The smallest absolute Gasteiger partial charge is 0.319 e. The van der Waals surface area contributed by atoms with Crippen LogP contribution < -0.4 is 10.6 Å². The van der Waals surface area contributed by atoms with Crippen molar-refractivity contribution in [2.24, 2.45) is 0 Å². The number of imidazole rings is 1. The van der Waals surface area contributed by atoms with Gasteiger partial charge in [-0.25, -0.2) is 9.78 Å². The third-order valence-corrected chi connectivity index (χ3v) is 2.91. The van der Waals surface area contributed by atoms with E-state index >= 15 is 0 Å². The van der Waals surface area contributed by atoms with Crippen molar-refractivity contribution in [1.29, 1.82) is 0 Å². The van der Waals surface area contributed by atoms with Crippen molar-refractivity contribution in [1.82, 2.24) is 14.9 Å². The van der Waals surface area contributed by atoms with Gasteiger partial charge in [0.15, 0.2) is 0 Å². The van der Waals surface area contributed by atoms with Gasteiger partial charge in [-0.1, -0.05) is 18.2 Å². The molecule has 0 aliphatic carbocycles. The number of hydrogen-bond donors (Lipinski definition) is 2. The summed E-state index contributed by atoms with van der Waals surface area (Å²) in [6.45, 7) is 5.25. The molecule has 0 saturated carbocycles. The van der Waals surface area contributed by atoms with Crippen LogP contribution in [0.5, 0.6) is 0 Å². The molecular formula is C14H18N4O. The number of benzene rings is 1. The quantitative estimate of drug-likeness (QED) is 0.884. The van der Waals surface area contributed by atoms with Gasteiger partial charge in [-0.2, -0.15) is 0 Å². The first-order valence-corrected chi connectivity index (χ1v) is 6.25. The molecule has 1 aromatic heterocycles. The first-order chi connectivity index (χ1) is 9.16. The minimum Gasteiger partial charge on any atom is -0.336 e. The van der Waals surface area contributed by atoms with Crippen molar-refractivity contribution in [3.63, 3.8) is 0 Å². The zero-order chi connectivity index (χ0) is 13.7. The summed E-state index contributed by atoms with van der Waals surface area (Å²) in [6, 6.07) is 9.18. The van der Waals surface area contributed by atoms with Gasteiger partial charge in [-0.05, 0) is 26.0 Å². The van der Waals surface area contributed by atoms with E-state index in [1.807, 2.05) is 50.4 Å². The molecule has 5 nitrogen and oxygen atoms in total. The summed E-state index contributed by atoms with van der Waals surface area (Å²) in [5, 5.41) is 5.60. The average molecular weight is 258 g/mol. The number of carbonyl (C=O) groups excluding carboxylic acids is 1. The van der Waals surface area contributed by atoms with Gasteiger partial charge in [-0.3, -0.25) is 0 Å². The summed E-state index contributed by atoms with van der Waals surface area (Å²) in [5.74, 6) is 0.961. The van der Waals surface area contributed by atoms with Crippen LogP contribution in [0.4, 0.5) is 10.5 Å². The second-order valence-corrected chi connectivity index (χ2v) is 4.35. The molecule has 1 heterocycles. The molecule has 0 bridgehead atoms. The number of aryl methyl sites for hydroxylation is 2. The van der Waals surface area contributed by atoms with Crippen molar-refractivity contribution in [3.8, 4) is 0 Å². The van der Waals surface area contributed by atoms with Crippen LogP contribution in [0.2, 0.25) is 0 Å². The molecule has 1 aromatic carbocycles. The van der Waals surface area contributed by atoms with E-state index in [2.05, 4.69) is 20.2 Å². The van der Waals surface area contributed by atoms with Gasteiger partial charge in [-0.15, -0.1) is 0 Å². The van der Waals surface area contributed by atoms with E-state index in [1.54, 1.807) is 0 Å². The number of hydrogen-bond acceptors (Lipinski definition) is 2. The average Bonchev–Trinajstić information content (AvgIpc) is 2.71. The Balaban J connectivity index is 1.79. The van der Waals surface area contributed by atoms with Crippen molar-refractivity contribution < 1.29 is 4.79 Å². The van der Waals surface area contributed by atoms with Crippen molar-refractivity contribution in [3.05, 3.63) is 48.0 Å². The normalized spacial score (nSPS) is 10.2. The zero-order valence-electron chi connectivity index (χ0n) is 11.2. The Morgan fingerprint density at radius 2 is 2.00 bits per heavy atom. The number of carbonyl (C=O) groups is 1. The zero-order valence-corrected chi connectivity index (χ0v) is 11.2. The number of amides is 2. The number of aromatic nitrogens is 2. The van der Waals surface area contributed by atoms with Gasteiger partial charge in [0.1, 0.15) is 5.82 Å². The van der Waals surface area contributed by atoms with Crippen molar-refractivity contribution in [2.45, 2.75) is 20.4 Å². The monoisotopic (exact) mass is 258 g/mol. The second-order valence-electron chi connectivity index (χ2n) is 4.35. The van der Waals surface area contributed by atoms with E-state index < -0.39 is 0 Å². The molecule has 0 aliphatic rings. The molecule has 2 aromatic rings. The second kappa shape index (κ2) is 6.04. The minimum absolute atomic E-state index is 0.193. The lowest BCUT2D eigenvalue weighted by atomic mass is 10.3. The molecule has 0 fully saturated rings. The topological polar surface area (TPSA) is 59.0 Å². The molecule has 100 valence electrons. The molecule has 0 radical (unpaired) electrons. The lowest BCUT2D eigenvalue weighted by Crippen LogP contribution is -2.31. The third-order valence-electron chi connectivity index (χ3n) is 2.91. The Hall–Kier alpha value is -2.30. The number of urea groups is 1. The summed E-state index contributed by atoms with van der Waals surface area (Å²) in [4.78, 5) is 15.9. The standard InChI is InChI=1S/C14H18N4O/c1-11-10-16-12(2)18(11)9-8-15-14(19)17-13-6-4-3-5-7-13/h3-7,10H,8-9H2,1-2H3,(H2,15,17,19). The maximum Gasteiger partial charge on any atom is 0.319 e. The van der Waals surface area contributed by atoms with Crippen molar-refractivity contribution in [2.75, 3.05) is 11.9 Å². The Kier molecular flexibility index (Phi) is 4.18. The lowest BCUT2D eigenvalue weighted by Gasteiger charge is -2.10. The Bertz CT molecular complexity index is 528. The predicted molar refractivity (Wildman–Crippen MR) is 75.2 cm³/mol. The van der Waals surface area contributed by atoms with Crippen LogP contribution in [-0.4, -0.2) is 22.1 Å². The van der Waals surface area contributed by atoms with Gasteiger partial charge in [0, 0.05) is 30.7 Å². The molecular weight excluding hydrogens is 240 g/mol. The van der Waals surface area contributed by atoms with Crippen LogP contribution >= 0.6 is 0 Å². The van der Waals surface area contributed by atoms with Crippen LogP contribution in [0.25, 0.3) is 0 Å². The van der Waals surface area contributed by atoms with Gasteiger partial charge < -0.3 is 15.2 Å². The van der Waals surface area contributed by atoms with Gasteiger partial charge >= 0.3 is 6.03 Å². The molecule has 0 aliphatic heterocycles. The molecule has 0 spiro atoms. The van der Waals surface area contributed by atoms with E-state index in [0.29, 0.717) is 6.54 Å². The van der Waals surface area contributed by atoms with Gasteiger partial charge in [0.25, 0.3) is 0 Å². The minimum atomic E-state index is -0.193. The highest BCUT2D eigenvalue weighted by Crippen LogP contribution is 2.04. The predicted octanol–water partition coefficient (Wildman–Crippen LogP) is 2.32. The molecule has 0 atom stereocenters. The molecule has 5 heteroatoms. The number of nitrogens with one attached hydrogen (secondary N) is 2. The van der Waals surface area contributed by atoms with E-state index in [9.17, 15) is 4.79 Å². The Morgan fingerprint density at radius 1 is 1.26 bits per heavy atom. The van der Waals surface area contributed by atoms with Gasteiger partial charge in [0.2, 0.25) is 0 Å². The van der Waals surface area contributed by atoms with Gasteiger partial charge in [0.05, 0.1) is 0 Å². The summed E-state index contributed by atoms with van der Waals surface area (Å²) in [5.41, 5.74) is 1.89. The van der Waals surface area contributed by atoms with E-state index in [0.717, 1.165) is 23.8 Å². The van der Waals surface area contributed by atoms with E-state index in [-0.39, 0.29) is 6.03 Å². The maximum absolute atomic E-state index is 11.7. The lowest BCUT2D eigenvalue weighted by molar-refractivity contribution is 0.251. The van der Waals surface area contributed by atoms with E-state index in [1.165, 1.54) is 0 Å². The van der Waals surface area contributed by atoms with E-state index in [4.69, 9.17) is 0 Å². The van der Waals surface area contributed by atoms with Crippen LogP contribution in [-0.2, 0) is 6.54 Å². The molecule has 0 unspecified atom stereocenters. The first kappa shape index (κ1) is 13.1. The molecule has 0 saturated heterocycles. The van der Waals surface area contributed by atoms with Crippen LogP contribution in [0.3, 0.4) is 0 Å². The SMILES string of the molecule is Cc1cnc(C)n1CCNC(=O)Nc1ccccc1.